The van der Waals surface area contributed by atoms with Gasteiger partial charge in [0.1, 0.15) is 0 Å². The van der Waals surface area contributed by atoms with Gasteiger partial charge in [-0.25, -0.2) is 0 Å². The van der Waals surface area contributed by atoms with Gasteiger partial charge < -0.3 is 15.7 Å². The summed E-state index contributed by atoms with van der Waals surface area (Å²) in [7, 11) is 0. The van der Waals surface area contributed by atoms with Crippen molar-refractivity contribution < 1.29 is 9.90 Å². The van der Waals surface area contributed by atoms with Crippen LogP contribution in [0.25, 0.3) is 0 Å². The van der Waals surface area contributed by atoms with Crippen LogP contribution in [0.2, 0.25) is 0 Å². The Morgan fingerprint density at radius 3 is 2.92 bits per heavy atom. The summed E-state index contributed by atoms with van der Waals surface area (Å²) in [4.78, 5) is 11.5. The average molecular weight is 186 g/mol. The zero-order valence-corrected chi connectivity index (χ0v) is 8.21. The van der Waals surface area contributed by atoms with Gasteiger partial charge in [-0.3, -0.25) is 4.79 Å². The second kappa shape index (κ2) is 4.58. The van der Waals surface area contributed by atoms with Gasteiger partial charge in [-0.15, -0.1) is 0 Å². The lowest BCUT2D eigenvalue weighted by atomic mass is 10.0. The summed E-state index contributed by atoms with van der Waals surface area (Å²) in [6.45, 7) is 4.97. The number of hydrogen-bond donors (Lipinski definition) is 3. The summed E-state index contributed by atoms with van der Waals surface area (Å²) in [5.41, 5.74) is 0. The number of aliphatic hydroxyl groups excluding tert-OH is 1. The molecular formula is C9H18N2O2. The van der Waals surface area contributed by atoms with Crippen molar-refractivity contribution in [2.45, 2.75) is 32.4 Å². The number of hydrogen-bond acceptors (Lipinski definition) is 3. The van der Waals surface area contributed by atoms with Crippen molar-refractivity contribution in [3.63, 3.8) is 0 Å². The van der Waals surface area contributed by atoms with Crippen LogP contribution in [0.15, 0.2) is 0 Å². The molecule has 1 amide bonds. The molecule has 1 fully saturated rings. The smallest absolute Gasteiger partial charge is 0.237 e. The topological polar surface area (TPSA) is 61.4 Å². The molecule has 4 nitrogen and oxygen atoms in total. The van der Waals surface area contributed by atoms with E-state index in [4.69, 9.17) is 5.11 Å². The first-order chi connectivity index (χ1) is 6.11. The molecule has 1 saturated heterocycles. The molecule has 0 spiro atoms. The third-order valence-corrected chi connectivity index (χ3v) is 2.39. The fourth-order valence-corrected chi connectivity index (χ4v) is 1.54. The Hall–Kier alpha value is -0.610. The van der Waals surface area contributed by atoms with Crippen molar-refractivity contribution in [3.05, 3.63) is 0 Å². The summed E-state index contributed by atoms with van der Waals surface area (Å²) >= 11 is 0. The Bertz CT molecular complexity index is 182. The van der Waals surface area contributed by atoms with E-state index in [0.29, 0.717) is 12.5 Å². The monoisotopic (exact) mass is 186 g/mol. The molecule has 3 atom stereocenters. The Morgan fingerprint density at radius 1 is 1.77 bits per heavy atom. The van der Waals surface area contributed by atoms with Crippen LogP contribution in [-0.4, -0.2) is 36.2 Å². The van der Waals surface area contributed by atoms with Crippen molar-refractivity contribution in [1.29, 1.82) is 0 Å². The van der Waals surface area contributed by atoms with Crippen molar-refractivity contribution in [2.24, 2.45) is 5.92 Å². The molecule has 0 aliphatic carbocycles. The van der Waals surface area contributed by atoms with Gasteiger partial charge in [-0.2, -0.15) is 0 Å². The number of carbonyl (C=O) groups is 1. The zero-order valence-electron chi connectivity index (χ0n) is 8.21. The fraction of sp³-hybridized carbons (Fsp3) is 0.889. The first-order valence-electron chi connectivity index (χ1n) is 4.80. The van der Waals surface area contributed by atoms with E-state index in [9.17, 15) is 4.79 Å². The Balaban J connectivity index is 2.30. The lowest BCUT2D eigenvalue weighted by Crippen LogP contribution is -2.45. The molecule has 1 aliphatic rings. The van der Waals surface area contributed by atoms with Crippen LogP contribution in [0.3, 0.4) is 0 Å². The molecule has 0 aromatic carbocycles. The van der Waals surface area contributed by atoms with Gasteiger partial charge in [0, 0.05) is 6.54 Å². The van der Waals surface area contributed by atoms with E-state index in [1.54, 1.807) is 6.92 Å². The van der Waals surface area contributed by atoms with E-state index in [1.165, 1.54) is 0 Å². The lowest BCUT2D eigenvalue weighted by molar-refractivity contribution is -0.124. The number of nitrogens with one attached hydrogen (secondary N) is 2. The van der Waals surface area contributed by atoms with E-state index in [0.717, 1.165) is 13.0 Å². The number of rotatable bonds is 3. The molecule has 0 aromatic heterocycles. The van der Waals surface area contributed by atoms with Crippen molar-refractivity contribution >= 4 is 5.91 Å². The third-order valence-electron chi connectivity index (χ3n) is 2.39. The molecule has 0 saturated carbocycles. The van der Waals surface area contributed by atoms with Crippen molar-refractivity contribution in [3.8, 4) is 0 Å². The highest BCUT2D eigenvalue weighted by Gasteiger charge is 2.28. The summed E-state index contributed by atoms with van der Waals surface area (Å²) in [5, 5.41) is 14.8. The highest BCUT2D eigenvalue weighted by atomic mass is 16.3. The molecule has 1 heterocycles. The average Bonchev–Trinajstić information content (AvgIpc) is 2.47. The van der Waals surface area contributed by atoms with Crippen LogP contribution >= 0.6 is 0 Å². The highest BCUT2D eigenvalue weighted by molar-refractivity contribution is 5.82. The number of carbonyl (C=O) groups excluding carboxylic acids is 1. The van der Waals surface area contributed by atoms with Gasteiger partial charge in [0.2, 0.25) is 5.91 Å². The van der Waals surface area contributed by atoms with E-state index in [1.807, 2.05) is 0 Å². The minimum atomic E-state index is -0.472. The summed E-state index contributed by atoms with van der Waals surface area (Å²) in [6.07, 6.45) is 0.577. The van der Waals surface area contributed by atoms with Crippen molar-refractivity contribution in [2.75, 3.05) is 13.1 Å². The maximum Gasteiger partial charge on any atom is 0.237 e. The zero-order chi connectivity index (χ0) is 9.84. The SMILES string of the molecule is CC(O)CNC(=O)C1NCCC1C. The highest BCUT2D eigenvalue weighted by Crippen LogP contribution is 2.13. The predicted molar refractivity (Wildman–Crippen MR) is 50.3 cm³/mol. The normalized spacial score (nSPS) is 30.1. The molecule has 3 N–H and O–H groups in total. The molecule has 4 heteroatoms. The van der Waals surface area contributed by atoms with E-state index in [-0.39, 0.29) is 11.9 Å². The summed E-state index contributed by atoms with van der Waals surface area (Å²) in [5.74, 6) is 0.403. The Labute approximate surface area is 78.7 Å². The molecule has 76 valence electrons. The largest absolute Gasteiger partial charge is 0.392 e. The summed E-state index contributed by atoms with van der Waals surface area (Å²) in [6, 6.07) is -0.0706. The third kappa shape index (κ3) is 2.97. The fourth-order valence-electron chi connectivity index (χ4n) is 1.54. The van der Waals surface area contributed by atoms with Gasteiger partial charge in [0.25, 0.3) is 0 Å². The second-order valence-electron chi connectivity index (χ2n) is 3.79. The molecule has 0 aromatic rings. The van der Waals surface area contributed by atoms with Crippen LogP contribution in [-0.2, 0) is 4.79 Å². The van der Waals surface area contributed by atoms with Gasteiger partial charge >= 0.3 is 0 Å². The standard InChI is InChI=1S/C9H18N2O2/c1-6-3-4-10-8(6)9(13)11-5-7(2)12/h6-8,10,12H,3-5H2,1-2H3,(H,11,13). The van der Waals surface area contributed by atoms with E-state index >= 15 is 0 Å². The molecule has 3 unspecified atom stereocenters. The van der Waals surface area contributed by atoms with Crippen molar-refractivity contribution in [1.82, 2.24) is 10.6 Å². The lowest BCUT2D eigenvalue weighted by Gasteiger charge is -2.15. The molecule has 1 rings (SSSR count). The maximum absolute atomic E-state index is 11.5. The molecule has 13 heavy (non-hydrogen) atoms. The van der Waals surface area contributed by atoms with Crippen LogP contribution in [0.5, 0.6) is 0 Å². The Morgan fingerprint density at radius 2 is 2.46 bits per heavy atom. The number of aliphatic hydroxyl groups is 1. The van der Waals surface area contributed by atoms with Gasteiger partial charge in [0.15, 0.2) is 0 Å². The van der Waals surface area contributed by atoms with Crippen LogP contribution in [0.4, 0.5) is 0 Å². The number of amides is 1. The second-order valence-corrected chi connectivity index (χ2v) is 3.79. The predicted octanol–water partition coefficient (Wildman–Crippen LogP) is -0.519. The van der Waals surface area contributed by atoms with E-state index < -0.39 is 6.10 Å². The molecule has 1 aliphatic heterocycles. The summed E-state index contributed by atoms with van der Waals surface area (Å²) < 4.78 is 0. The quantitative estimate of drug-likeness (QED) is 0.556. The molecule has 0 radical (unpaired) electrons. The van der Waals surface area contributed by atoms with Gasteiger partial charge in [0.05, 0.1) is 12.1 Å². The van der Waals surface area contributed by atoms with Crippen LogP contribution in [0, 0.1) is 5.92 Å². The minimum Gasteiger partial charge on any atom is -0.392 e. The van der Waals surface area contributed by atoms with Crippen LogP contribution in [0.1, 0.15) is 20.3 Å². The molecular weight excluding hydrogens is 168 g/mol. The first kappa shape index (κ1) is 10.5. The maximum atomic E-state index is 11.5. The van der Waals surface area contributed by atoms with Crippen LogP contribution < -0.4 is 10.6 Å². The Kier molecular flexibility index (Phi) is 3.69. The van der Waals surface area contributed by atoms with Gasteiger partial charge in [-0.05, 0) is 25.8 Å². The first-order valence-corrected chi connectivity index (χ1v) is 4.80. The molecule has 0 bridgehead atoms. The van der Waals surface area contributed by atoms with E-state index in [2.05, 4.69) is 17.6 Å². The minimum absolute atomic E-state index is 0.00546. The van der Waals surface area contributed by atoms with Gasteiger partial charge in [-0.1, -0.05) is 6.92 Å².